The van der Waals surface area contributed by atoms with Crippen LogP contribution in [0.4, 0.5) is 5.82 Å². The molecule has 32 heavy (non-hydrogen) atoms. The predicted octanol–water partition coefficient (Wildman–Crippen LogP) is 0.698. The molecule has 2 amide bonds. The molecule has 1 aromatic rings. The first-order chi connectivity index (χ1) is 15.0. The Kier molecular flexibility index (Phi) is 9.59. The van der Waals surface area contributed by atoms with Crippen LogP contribution in [0.25, 0.3) is 0 Å². The van der Waals surface area contributed by atoms with Crippen molar-refractivity contribution in [2.45, 2.75) is 64.8 Å². The lowest BCUT2D eigenvalue weighted by atomic mass is 10.0. The molecule has 178 valence electrons. The van der Waals surface area contributed by atoms with E-state index in [1.54, 1.807) is 31.4 Å². The number of cyclic esters (lactones) is 1. The zero-order valence-corrected chi connectivity index (χ0v) is 20.1. The highest BCUT2D eigenvalue weighted by atomic mass is 35.5. The molecule has 0 aliphatic carbocycles. The number of carbonyl (C=O) groups is 3. The van der Waals surface area contributed by atoms with Crippen LogP contribution in [0, 0.1) is 11.1 Å². The molecule has 10 nitrogen and oxygen atoms in total. The molecule has 0 saturated carbocycles. The Labute approximate surface area is 196 Å². The number of esters is 1. The fraction of sp³-hybridized carbons (Fsp3) is 0.600. The van der Waals surface area contributed by atoms with E-state index in [4.69, 9.17) is 16.3 Å². The lowest BCUT2D eigenvalue weighted by Gasteiger charge is -2.32. The van der Waals surface area contributed by atoms with Crippen LogP contribution in [0.3, 0.4) is 0 Å². The monoisotopic (exact) mass is 487 g/mol. The topological polar surface area (TPSA) is 137 Å². The largest absolute Gasteiger partial charge is 0.607 e. The van der Waals surface area contributed by atoms with Crippen molar-refractivity contribution < 1.29 is 24.3 Å². The second-order valence-corrected chi connectivity index (χ2v) is 9.58. The summed E-state index contributed by atoms with van der Waals surface area (Å²) in [5.41, 5.74) is 1.33. The smallest absolute Gasteiger partial charge is 0.329 e. The number of alkyl halides is 1. The van der Waals surface area contributed by atoms with Gasteiger partial charge in [-0.3, -0.25) is 9.59 Å². The van der Waals surface area contributed by atoms with Gasteiger partial charge in [0.05, 0.1) is 18.3 Å². The van der Waals surface area contributed by atoms with E-state index in [0.29, 0.717) is 17.3 Å². The van der Waals surface area contributed by atoms with Gasteiger partial charge < -0.3 is 20.6 Å². The Morgan fingerprint density at radius 1 is 1.41 bits per heavy atom. The number of ether oxygens (including phenoxy) is 1. The number of rotatable bonds is 4. The number of aromatic nitrogens is 1. The first kappa shape index (κ1) is 26.2. The van der Waals surface area contributed by atoms with Crippen molar-refractivity contribution in [3.63, 3.8) is 0 Å². The van der Waals surface area contributed by atoms with E-state index >= 15 is 0 Å². The van der Waals surface area contributed by atoms with Crippen LogP contribution >= 0.6 is 22.9 Å². The molecule has 0 fully saturated rings. The molecular formula is C20H30ClN5O5S. The summed E-state index contributed by atoms with van der Waals surface area (Å²) in [6.07, 6.45) is 2.99. The highest BCUT2D eigenvalue weighted by molar-refractivity contribution is 7.09. The first-order valence-corrected chi connectivity index (χ1v) is 11.7. The summed E-state index contributed by atoms with van der Waals surface area (Å²) in [5, 5.41) is 19.5. The van der Waals surface area contributed by atoms with Crippen molar-refractivity contribution in [1.29, 1.82) is 0 Å². The zero-order valence-electron chi connectivity index (χ0n) is 18.6. The van der Waals surface area contributed by atoms with Gasteiger partial charge in [-0.05, 0) is 32.3 Å². The molecular weight excluding hydrogens is 458 g/mol. The first-order valence-electron chi connectivity index (χ1n) is 10.3. The van der Waals surface area contributed by atoms with Gasteiger partial charge in [0.15, 0.2) is 0 Å². The maximum absolute atomic E-state index is 12.9. The van der Waals surface area contributed by atoms with Gasteiger partial charge in [0, 0.05) is 5.88 Å². The number of hydrogen-bond acceptors (Lipinski definition) is 8. The molecule has 4 N–H and O–H groups in total. The van der Waals surface area contributed by atoms with Crippen molar-refractivity contribution >= 4 is 46.5 Å². The van der Waals surface area contributed by atoms with Gasteiger partial charge in [-0.1, -0.05) is 19.9 Å². The van der Waals surface area contributed by atoms with Crippen molar-refractivity contribution in [2.24, 2.45) is 5.92 Å². The Balaban J connectivity index is 2.34. The lowest BCUT2D eigenvalue weighted by Crippen LogP contribution is -3.12. The van der Waals surface area contributed by atoms with Gasteiger partial charge >= 0.3 is 5.97 Å². The SMILES string of the molecule is CC(C)[C@@H]1NC(=O)C(C)(C)N[NH+]([O-])c2csc(n2)CNC(=O)C[C@@H](/C=C/CCCl)OC1=O. The summed E-state index contributed by atoms with van der Waals surface area (Å²) in [4.78, 5) is 42.4. The highest BCUT2D eigenvalue weighted by Crippen LogP contribution is 2.14. The number of nitrogens with one attached hydrogen (secondary N) is 4. The number of hydrogen-bond donors (Lipinski definition) is 4. The summed E-state index contributed by atoms with van der Waals surface area (Å²) >= 11 is 6.92. The van der Waals surface area contributed by atoms with E-state index in [1.807, 2.05) is 0 Å². The van der Waals surface area contributed by atoms with Gasteiger partial charge in [0.2, 0.25) is 11.8 Å². The third-order valence-electron chi connectivity index (χ3n) is 4.70. The summed E-state index contributed by atoms with van der Waals surface area (Å²) in [6, 6.07) is -0.968. The second kappa shape index (κ2) is 11.7. The molecule has 0 aromatic carbocycles. The van der Waals surface area contributed by atoms with Crippen LogP contribution < -0.4 is 21.2 Å². The summed E-state index contributed by atoms with van der Waals surface area (Å²) in [5.74, 6) is -1.32. The summed E-state index contributed by atoms with van der Waals surface area (Å²) in [6.45, 7) is 6.73. The number of nitrogens with zero attached hydrogens (tertiary/aromatic N) is 1. The van der Waals surface area contributed by atoms with E-state index in [-0.39, 0.29) is 30.6 Å². The maximum atomic E-state index is 12.9. The molecule has 3 atom stereocenters. The van der Waals surface area contributed by atoms with E-state index in [2.05, 4.69) is 21.0 Å². The fourth-order valence-electron chi connectivity index (χ4n) is 2.83. The zero-order chi connectivity index (χ0) is 23.9. The molecule has 1 aromatic heterocycles. The molecule has 1 unspecified atom stereocenters. The summed E-state index contributed by atoms with van der Waals surface area (Å²) in [7, 11) is 0. The van der Waals surface area contributed by atoms with Crippen molar-refractivity contribution in [3.8, 4) is 0 Å². The van der Waals surface area contributed by atoms with Crippen molar-refractivity contribution in [1.82, 2.24) is 21.0 Å². The maximum Gasteiger partial charge on any atom is 0.329 e. The summed E-state index contributed by atoms with van der Waals surface area (Å²) < 4.78 is 5.56. The quantitative estimate of drug-likeness (QED) is 0.212. The Morgan fingerprint density at radius 3 is 2.78 bits per heavy atom. The molecule has 2 rings (SSSR count). The average Bonchev–Trinajstić information content (AvgIpc) is 3.18. The number of amides is 2. The molecule has 2 bridgehead atoms. The number of quaternary nitrogens is 1. The number of carbonyl (C=O) groups excluding carboxylic acids is 3. The molecule has 1 aliphatic rings. The number of thiazole rings is 1. The Bertz CT molecular complexity index is 844. The minimum atomic E-state index is -1.31. The average molecular weight is 488 g/mol. The standard InChI is InChI=1S/C20H30ClN5O5S/c1-12(2)17-18(28)31-13(7-5-6-8-21)9-15(27)22-10-16-23-14(11-32-16)26(30)25-20(3,4)19(29)24-17/h5,7,11-13,17,25-26H,6,8-10H2,1-4H3,(H,22,27)(H,24,29)/b7-5+/t13-,17+/m1/s1. The third kappa shape index (κ3) is 7.52. The molecule has 0 spiro atoms. The number of fused-ring (bicyclic) bond motifs is 2. The van der Waals surface area contributed by atoms with E-state index in [1.165, 1.54) is 25.2 Å². The normalized spacial score (nSPS) is 25.5. The predicted molar refractivity (Wildman–Crippen MR) is 121 cm³/mol. The van der Waals surface area contributed by atoms with Gasteiger partial charge in [0.1, 0.15) is 22.7 Å². The van der Waals surface area contributed by atoms with Gasteiger partial charge in [0.25, 0.3) is 5.82 Å². The molecule has 2 heterocycles. The van der Waals surface area contributed by atoms with Crippen LogP contribution in [0.1, 0.15) is 45.5 Å². The van der Waals surface area contributed by atoms with Crippen molar-refractivity contribution in [3.05, 3.63) is 27.7 Å². The number of halogens is 1. The van der Waals surface area contributed by atoms with E-state index < -0.39 is 34.7 Å². The number of allylic oxidation sites excluding steroid dienone is 1. The minimum absolute atomic E-state index is 0.104. The van der Waals surface area contributed by atoms with Crippen molar-refractivity contribution in [2.75, 3.05) is 5.88 Å². The fourth-order valence-corrected chi connectivity index (χ4v) is 3.67. The minimum Gasteiger partial charge on any atom is -0.607 e. The van der Waals surface area contributed by atoms with Crippen LogP contribution in [-0.2, 0) is 25.7 Å². The van der Waals surface area contributed by atoms with Crippen LogP contribution in [0.5, 0.6) is 0 Å². The van der Waals surface area contributed by atoms with Crippen LogP contribution in [0.2, 0.25) is 0 Å². The third-order valence-corrected chi connectivity index (χ3v) is 5.77. The Hall–Kier alpha value is -2.05. The molecule has 0 radical (unpaired) electrons. The Morgan fingerprint density at radius 2 is 2.12 bits per heavy atom. The molecule has 1 aliphatic heterocycles. The lowest BCUT2D eigenvalue weighted by molar-refractivity contribution is -0.837. The van der Waals surface area contributed by atoms with E-state index in [9.17, 15) is 19.6 Å². The van der Waals surface area contributed by atoms with Gasteiger partial charge in [-0.2, -0.15) is 4.98 Å². The van der Waals surface area contributed by atoms with E-state index in [0.717, 1.165) is 0 Å². The van der Waals surface area contributed by atoms with Crippen LogP contribution in [-0.4, -0.2) is 46.3 Å². The van der Waals surface area contributed by atoms with Gasteiger partial charge in [-0.25, -0.2) is 9.97 Å². The second-order valence-electron chi connectivity index (χ2n) is 8.26. The van der Waals surface area contributed by atoms with Crippen LogP contribution in [0.15, 0.2) is 17.5 Å². The highest BCUT2D eigenvalue weighted by Gasteiger charge is 2.36. The molecule has 12 heteroatoms. The molecule has 0 saturated heterocycles. The van der Waals surface area contributed by atoms with Gasteiger partial charge in [-0.15, -0.1) is 28.4 Å².